The zero-order valence-corrected chi connectivity index (χ0v) is 12.7. The third kappa shape index (κ3) is 3.26. The molecule has 0 spiro atoms. The monoisotopic (exact) mass is 307 g/mol. The van der Waals surface area contributed by atoms with E-state index in [2.05, 4.69) is 0 Å². The Hall–Kier alpha value is -1.66. The number of thiocarbonyl (C=S) groups is 1. The van der Waals surface area contributed by atoms with Crippen LogP contribution in [0.5, 0.6) is 5.75 Å². The van der Waals surface area contributed by atoms with Gasteiger partial charge in [-0.15, -0.1) is 0 Å². The third-order valence-corrected chi connectivity index (χ3v) is 4.01. The summed E-state index contributed by atoms with van der Waals surface area (Å²) in [6.07, 6.45) is 1.78. The average Bonchev–Trinajstić information content (AvgIpc) is 2.66. The molecule has 0 atom stereocenters. The fourth-order valence-corrected chi connectivity index (χ4v) is 3.11. The molecule has 2 rings (SSSR count). The van der Waals surface area contributed by atoms with Gasteiger partial charge in [-0.2, -0.15) is 0 Å². The van der Waals surface area contributed by atoms with Crippen molar-refractivity contribution in [3.63, 3.8) is 0 Å². The van der Waals surface area contributed by atoms with Crippen LogP contribution in [0.1, 0.15) is 19.4 Å². The van der Waals surface area contributed by atoms with Crippen LogP contribution in [-0.4, -0.2) is 27.6 Å². The van der Waals surface area contributed by atoms with E-state index in [-0.39, 0.29) is 11.9 Å². The number of hydrogen-bond donors (Lipinski definition) is 0. The Bertz CT molecular complexity index is 593. The molecule has 1 saturated heterocycles. The molecule has 1 aliphatic rings. The van der Waals surface area contributed by atoms with Gasteiger partial charge in [-0.05, 0) is 30.7 Å². The fourth-order valence-electron chi connectivity index (χ4n) is 1.72. The molecule has 1 aromatic carbocycles. The van der Waals surface area contributed by atoms with E-state index in [0.717, 1.165) is 5.56 Å². The lowest BCUT2D eigenvalue weighted by molar-refractivity contribution is -0.131. The van der Waals surface area contributed by atoms with Gasteiger partial charge in [0.25, 0.3) is 5.91 Å². The first kappa shape index (κ1) is 14.7. The normalized spacial score (nSPS) is 16.9. The minimum absolute atomic E-state index is 0.0634. The smallest absolute Gasteiger partial charge is 0.308 e. The molecule has 1 amide bonds. The van der Waals surface area contributed by atoms with Gasteiger partial charge in [0.05, 0.1) is 4.91 Å². The third-order valence-electron chi connectivity index (χ3n) is 2.63. The Morgan fingerprint density at radius 3 is 2.55 bits per heavy atom. The molecule has 1 aromatic rings. The molecule has 20 heavy (non-hydrogen) atoms. The zero-order chi connectivity index (χ0) is 14.7. The standard InChI is InChI=1S/C14H13NO3S2/c1-3-15-13(17)12(20-14(15)19)8-10-4-6-11(7-5-10)18-9(2)16/h4-8H,3H2,1-2H3/b12-8+. The van der Waals surface area contributed by atoms with Gasteiger partial charge in [-0.3, -0.25) is 14.5 Å². The molecule has 1 heterocycles. The quantitative estimate of drug-likeness (QED) is 0.372. The van der Waals surface area contributed by atoms with Gasteiger partial charge in [0.2, 0.25) is 0 Å². The highest BCUT2D eigenvalue weighted by molar-refractivity contribution is 8.26. The second-order valence-corrected chi connectivity index (χ2v) is 5.76. The van der Waals surface area contributed by atoms with E-state index < -0.39 is 0 Å². The summed E-state index contributed by atoms with van der Waals surface area (Å²) in [6.45, 7) is 3.82. The van der Waals surface area contributed by atoms with Gasteiger partial charge < -0.3 is 4.74 Å². The number of amides is 1. The second kappa shape index (κ2) is 6.19. The highest BCUT2D eigenvalue weighted by atomic mass is 32.2. The summed E-state index contributed by atoms with van der Waals surface area (Å²) in [5.41, 5.74) is 0.859. The van der Waals surface area contributed by atoms with Crippen molar-refractivity contribution < 1.29 is 14.3 Å². The molecule has 0 saturated carbocycles. The van der Waals surface area contributed by atoms with E-state index in [9.17, 15) is 9.59 Å². The summed E-state index contributed by atoms with van der Waals surface area (Å²) in [7, 11) is 0. The van der Waals surface area contributed by atoms with Crippen LogP contribution in [0.15, 0.2) is 29.2 Å². The van der Waals surface area contributed by atoms with Crippen LogP contribution in [0.4, 0.5) is 0 Å². The van der Waals surface area contributed by atoms with Crippen molar-refractivity contribution in [2.24, 2.45) is 0 Å². The number of thioether (sulfide) groups is 1. The number of likely N-dealkylation sites (N-methyl/N-ethyl adjacent to an activating group) is 1. The number of carbonyl (C=O) groups excluding carboxylic acids is 2. The van der Waals surface area contributed by atoms with Crippen LogP contribution in [0.2, 0.25) is 0 Å². The lowest BCUT2D eigenvalue weighted by Gasteiger charge is -2.09. The van der Waals surface area contributed by atoms with Crippen molar-refractivity contribution >= 4 is 46.3 Å². The van der Waals surface area contributed by atoms with Crippen LogP contribution in [0, 0.1) is 0 Å². The first-order valence-corrected chi connectivity index (χ1v) is 7.27. The highest BCUT2D eigenvalue weighted by Crippen LogP contribution is 2.32. The van der Waals surface area contributed by atoms with Crippen molar-refractivity contribution in [3.8, 4) is 5.75 Å². The predicted octanol–water partition coefficient (Wildman–Crippen LogP) is 2.83. The lowest BCUT2D eigenvalue weighted by atomic mass is 10.2. The van der Waals surface area contributed by atoms with Gasteiger partial charge in [0, 0.05) is 13.5 Å². The summed E-state index contributed by atoms with van der Waals surface area (Å²) in [4.78, 5) is 25.0. The lowest BCUT2D eigenvalue weighted by Crippen LogP contribution is -2.27. The van der Waals surface area contributed by atoms with Crippen LogP contribution in [0.3, 0.4) is 0 Å². The molecule has 1 aliphatic heterocycles. The van der Waals surface area contributed by atoms with Crippen LogP contribution in [0.25, 0.3) is 6.08 Å². The number of carbonyl (C=O) groups is 2. The van der Waals surface area contributed by atoms with Gasteiger partial charge in [-0.25, -0.2) is 0 Å². The Morgan fingerprint density at radius 2 is 2.05 bits per heavy atom. The maximum absolute atomic E-state index is 12.0. The maximum atomic E-state index is 12.0. The first-order valence-electron chi connectivity index (χ1n) is 6.05. The summed E-state index contributed by atoms with van der Waals surface area (Å²) in [5.74, 6) is 0.0592. The molecule has 0 radical (unpaired) electrons. The molecule has 0 unspecified atom stereocenters. The average molecular weight is 307 g/mol. The molecule has 104 valence electrons. The van der Waals surface area contributed by atoms with Gasteiger partial charge in [-0.1, -0.05) is 36.1 Å². The fraction of sp³-hybridized carbons (Fsp3) is 0.214. The molecule has 0 bridgehead atoms. The highest BCUT2D eigenvalue weighted by Gasteiger charge is 2.30. The minimum Gasteiger partial charge on any atom is -0.427 e. The summed E-state index contributed by atoms with van der Waals surface area (Å²) in [6, 6.07) is 6.95. The number of nitrogens with zero attached hydrogens (tertiary/aromatic N) is 1. The van der Waals surface area contributed by atoms with Crippen molar-refractivity contribution in [1.82, 2.24) is 4.90 Å². The van der Waals surface area contributed by atoms with Crippen molar-refractivity contribution in [2.75, 3.05) is 6.54 Å². The van der Waals surface area contributed by atoms with Gasteiger partial charge in [0.1, 0.15) is 10.1 Å². The number of hydrogen-bond acceptors (Lipinski definition) is 5. The molecule has 1 fully saturated rings. The van der Waals surface area contributed by atoms with Crippen molar-refractivity contribution in [1.29, 1.82) is 0 Å². The summed E-state index contributed by atoms with van der Waals surface area (Å²) >= 11 is 6.45. The Morgan fingerprint density at radius 1 is 1.40 bits per heavy atom. The first-order chi connectivity index (χ1) is 9.51. The van der Waals surface area contributed by atoms with Gasteiger partial charge in [0.15, 0.2) is 0 Å². The van der Waals surface area contributed by atoms with E-state index in [1.54, 1.807) is 35.2 Å². The van der Waals surface area contributed by atoms with E-state index in [4.69, 9.17) is 17.0 Å². The van der Waals surface area contributed by atoms with Crippen molar-refractivity contribution in [2.45, 2.75) is 13.8 Å². The number of ether oxygens (including phenoxy) is 1. The van der Waals surface area contributed by atoms with Crippen LogP contribution >= 0.6 is 24.0 Å². The number of esters is 1. The molecule has 4 nitrogen and oxygen atoms in total. The predicted molar refractivity (Wildman–Crippen MR) is 83.3 cm³/mol. The van der Waals surface area contributed by atoms with Crippen LogP contribution in [-0.2, 0) is 9.59 Å². The van der Waals surface area contributed by atoms with Crippen molar-refractivity contribution in [3.05, 3.63) is 34.7 Å². The summed E-state index contributed by atoms with van der Waals surface area (Å²) in [5, 5.41) is 0. The molecule has 0 N–H and O–H groups in total. The summed E-state index contributed by atoms with van der Waals surface area (Å²) < 4.78 is 5.53. The van der Waals surface area contributed by atoms with Gasteiger partial charge >= 0.3 is 5.97 Å². The van der Waals surface area contributed by atoms with E-state index in [1.807, 2.05) is 6.92 Å². The second-order valence-electron chi connectivity index (χ2n) is 4.09. The Balaban J connectivity index is 2.17. The SMILES string of the molecule is CCN1C(=O)/C(=C\c2ccc(OC(C)=O)cc2)SC1=S. The van der Waals surface area contributed by atoms with E-state index >= 15 is 0 Å². The molecular weight excluding hydrogens is 294 g/mol. The topological polar surface area (TPSA) is 46.6 Å². The minimum atomic E-state index is -0.360. The molecule has 0 aromatic heterocycles. The molecular formula is C14H13NO3S2. The molecule has 6 heteroatoms. The van der Waals surface area contributed by atoms with E-state index in [0.29, 0.717) is 21.5 Å². The number of benzene rings is 1. The van der Waals surface area contributed by atoms with E-state index in [1.165, 1.54) is 18.7 Å². The zero-order valence-electron chi connectivity index (χ0n) is 11.1. The Kier molecular flexibility index (Phi) is 4.57. The van der Waals surface area contributed by atoms with Crippen LogP contribution < -0.4 is 4.74 Å². The Labute approximate surface area is 126 Å². The maximum Gasteiger partial charge on any atom is 0.308 e. The number of rotatable bonds is 3. The largest absolute Gasteiger partial charge is 0.427 e. The molecule has 0 aliphatic carbocycles.